The van der Waals surface area contributed by atoms with Crippen LogP contribution < -0.4 is 4.74 Å². The quantitative estimate of drug-likeness (QED) is 0.831. The Kier molecular flexibility index (Phi) is 3.69. The van der Waals surface area contributed by atoms with Crippen LogP contribution in [0.4, 0.5) is 0 Å². The molecule has 0 spiro atoms. The SMILES string of the molecule is CCn1ncc(C)c1OCc1ccc(Cl)cc1. The van der Waals surface area contributed by atoms with Crippen LogP contribution in [-0.2, 0) is 13.2 Å². The van der Waals surface area contributed by atoms with Gasteiger partial charge in [0.1, 0.15) is 6.61 Å². The number of nitrogens with zero attached hydrogens (tertiary/aromatic N) is 2. The van der Waals surface area contributed by atoms with Crippen LogP contribution in [0.15, 0.2) is 30.5 Å². The van der Waals surface area contributed by atoms with Crippen LogP contribution in [0.25, 0.3) is 0 Å². The fourth-order valence-electron chi connectivity index (χ4n) is 1.61. The number of halogens is 1. The van der Waals surface area contributed by atoms with Gasteiger partial charge in [0, 0.05) is 17.1 Å². The average molecular weight is 251 g/mol. The van der Waals surface area contributed by atoms with E-state index in [4.69, 9.17) is 16.3 Å². The molecule has 3 nitrogen and oxygen atoms in total. The monoisotopic (exact) mass is 250 g/mol. The first-order valence-electron chi connectivity index (χ1n) is 5.60. The summed E-state index contributed by atoms with van der Waals surface area (Å²) in [5, 5.41) is 4.97. The van der Waals surface area contributed by atoms with E-state index in [0.717, 1.165) is 28.6 Å². The highest BCUT2D eigenvalue weighted by Crippen LogP contribution is 2.18. The Labute approximate surface area is 106 Å². The van der Waals surface area contributed by atoms with Crippen LogP contribution >= 0.6 is 11.6 Å². The zero-order chi connectivity index (χ0) is 12.3. The van der Waals surface area contributed by atoms with E-state index in [1.54, 1.807) is 0 Å². The lowest BCUT2D eigenvalue weighted by molar-refractivity contribution is 0.272. The maximum absolute atomic E-state index is 5.83. The number of benzene rings is 1. The van der Waals surface area contributed by atoms with Gasteiger partial charge in [-0.1, -0.05) is 23.7 Å². The molecular formula is C13H15ClN2O. The van der Waals surface area contributed by atoms with E-state index < -0.39 is 0 Å². The van der Waals surface area contributed by atoms with Crippen LogP contribution in [0.1, 0.15) is 18.1 Å². The fourth-order valence-corrected chi connectivity index (χ4v) is 1.74. The van der Waals surface area contributed by atoms with E-state index in [0.29, 0.717) is 6.61 Å². The number of rotatable bonds is 4. The van der Waals surface area contributed by atoms with Gasteiger partial charge in [-0.2, -0.15) is 5.10 Å². The minimum atomic E-state index is 0.531. The molecule has 0 atom stereocenters. The largest absolute Gasteiger partial charge is 0.473 e. The van der Waals surface area contributed by atoms with Gasteiger partial charge in [-0.15, -0.1) is 0 Å². The maximum Gasteiger partial charge on any atom is 0.215 e. The van der Waals surface area contributed by atoms with Gasteiger partial charge >= 0.3 is 0 Å². The molecule has 0 radical (unpaired) electrons. The molecule has 0 saturated heterocycles. The molecule has 17 heavy (non-hydrogen) atoms. The van der Waals surface area contributed by atoms with Crippen molar-refractivity contribution in [1.29, 1.82) is 0 Å². The first kappa shape index (κ1) is 12.0. The molecular weight excluding hydrogens is 236 g/mol. The summed E-state index contributed by atoms with van der Waals surface area (Å²) in [5.41, 5.74) is 2.15. The standard InChI is InChI=1S/C13H15ClN2O/c1-3-16-13(10(2)8-15-16)17-9-11-4-6-12(14)7-5-11/h4-8H,3,9H2,1-2H3. The van der Waals surface area contributed by atoms with Crippen molar-refractivity contribution in [3.8, 4) is 5.88 Å². The van der Waals surface area contributed by atoms with E-state index in [2.05, 4.69) is 5.10 Å². The van der Waals surface area contributed by atoms with Crippen molar-refractivity contribution in [3.05, 3.63) is 46.6 Å². The maximum atomic E-state index is 5.83. The fraction of sp³-hybridized carbons (Fsp3) is 0.308. The Morgan fingerprint density at radius 2 is 2.00 bits per heavy atom. The Morgan fingerprint density at radius 3 is 2.65 bits per heavy atom. The molecule has 1 aromatic heterocycles. The molecule has 0 unspecified atom stereocenters. The number of aromatic nitrogens is 2. The zero-order valence-corrected chi connectivity index (χ0v) is 10.7. The molecule has 0 aliphatic heterocycles. The highest BCUT2D eigenvalue weighted by atomic mass is 35.5. The molecule has 0 fully saturated rings. The molecule has 0 aliphatic rings. The summed E-state index contributed by atoms with van der Waals surface area (Å²) in [7, 11) is 0. The van der Waals surface area contributed by atoms with Crippen molar-refractivity contribution in [2.75, 3.05) is 0 Å². The second kappa shape index (κ2) is 5.23. The third-order valence-corrected chi connectivity index (χ3v) is 2.80. The highest BCUT2D eigenvalue weighted by molar-refractivity contribution is 6.30. The molecule has 1 aromatic carbocycles. The zero-order valence-electron chi connectivity index (χ0n) is 9.98. The third kappa shape index (κ3) is 2.80. The molecule has 2 aromatic rings. The van der Waals surface area contributed by atoms with Crippen molar-refractivity contribution in [2.24, 2.45) is 0 Å². The number of hydrogen-bond acceptors (Lipinski definition) is 2. The molecule has 0 aliphatic carbocycles. The molecule has 0 amide bonds. The first-order chi connectivity index (χ1) is 8.20. The highest BCUT2D eigenvalue weighted by Gasteiger charge is 2.07. The van der Waals surface area contributed by atoms with E-state index in [1.165, 1.54) is 0 Å². The summed E-state index contributed by atoms with van der Waals surface area (Å²) in [5.74, 6) is 0.836. The molecule has 1 heterocycles. The first-order valence-corrected chi connectivity index (χ1v) is 5.98. The molecule has 4 heteroatoms. The molecule has 0 saturated carbocycles. The summed E-state index contributed by atoms with van der Waals surface area (Å²) < 4.78 is 7.63. The van der Waals surface area contributed by atoms with Gasteiger partial charge in [0.05, 0.1) is 6.20 Å². The van der Waals surface area contributed by atoms with E-state index >= 15 is 0 Å². The Morgan fingerprint density at radius 1 is 1.29 bits per heavy atom. The minimum Gasteiger partial charge on any atom is -0.473 e. The summed E-state index contributed by atoms with van der Waals surface area (Å²) in [4.78, 5) is 0. The van der Waals surface area contributed by atoms with Gasteiger partial charge in [0.2, 0.25) is 5.88 Å². The van der Waals surface area contributed by atoms with E-state index in [-0.39, 0.29) is 0 Å². The lowest BCUT2D eigenvalue weighted by Gasteiger charge is -2.09. The second-order valence-electron chi connectivity index (χ2n) is 3.86. The summed E-state index contributed by atoms with van der Waals surface area (Å²) >= 11 is 5.83. The van der Waals surface area contributed by atoms with Gasteiger partial charge in [0.15, 0.2) is 0 Å². The minimum absolute atomic E-state index is 0.531. The molecule has 90 valence electrons. The lowest BCUT2D eigenvalue weighted by Crippen LogP contribution is -2.04. The van der Waals surface area contributed by atoms with Gasteiger partial charge in [-0.25, -0.2) is 4.68 Å². The second-order valence-corrected chi connectivity index (χ2v) is 4.30. The van der Waals surface area contributed by atoms with Crippen LogP contribution in [-0.4, -0.2) is 9.78 Å². The predicted octanol–water partition coefficient (Wildman–Crippen LogP) is 3.44. The van der Waals surface area contributed by atoms with E-state index in [1.807, 2.05) is 49.0 Å². The summed E-state index contributed by atoms with van der Waals surface area (Å²) in [6.07, 6.45) is 1.82. The van der Waals surface area contributed by atoms with Gasteiger partial charge in [0.25, 0.3) is 0 Å². The number of ether oxygens (including phenoxy) is 1. The molecule has 0 bridgehead atoms. The lowest BCUT2D eigenvalue weighted by atomic mass is 10.2. The van der Waals surface area contributed by atoms with Crippen LogP contribution in [0.3, 0.4) is 0 Å². The summed E-state index contributed by atoms with van der Waals surface area (Å²) in [6.45, 7) is 5.38. The smallest absolute Gasteiger partial charge is 0.215 e. The van der Waals surface area contributed by atoms with Gasteiger partial charge in [-0.05, 0) is 31.5 Å². The van der Waals surface area contributed by atoms with Crippen LogP contribution in [0.5, 0.6) is 5.88 Å². The van der Waals surface area contributed by atoms with Crippen molar-refractivity contribution in [2.45, 2.75) is 27.0 Å². The number of aryl methyl sites for hydroxylation is 2. The topological polar surface area (TPSA) is 27.1 Å². The van der Waals surface area contributed by atoms with Gasteiger partial charge in [-0.3, -0.25) is 0 Å². The number of hydrogen-bond donors (Lipinski definition) is 0. The van der Waals surface area contributed by atoms with E-state index in [9.17, 15) is 0 Å². The molecule has 0 N–H and O–H groups in total. The van der Waals surface area contributed by atoms with Crippen molar-refractivity contribution in [1.82, 2.24) is 9.78 Å². The van der Waals surface area contributed by atoms with Crippen LogP contribution in [0, 0.1) is 6.92 Å². The normalized spacial score (nSPS) is 10.5. The predicted molar refractivity (Wildman–Crippen MR) is 68.4 cm³/mol. The van der Waals surface area contributed by atoms with Crippen LogP contribution in [0.2, 0.25) is 5.02 Å². The summed E-state index contributed by atoms with van der Waals surface area (Å²) in [6, 6.07) is 7.66. The Hall–Kier alpha value is -1.48. The molecule has 2 rings (SSSR count). The third-order valence-electron chi connectivity index (χ3n) is 2.55. The average Bonchev–Trinajstić information content (AvgIpc) is 2.69. The Balaban J connectivity index is 2.06. The Bertz CT molecular complexity index is 491. The van der Waals surface area contributed by atoms with Crippen molar-refractivity contribution >= 4 is 11.6 Å². The van der Waals surface area contributed by atoms with Crippen molar-refractivity contribution < 1.29 is 4.74 Å². The van der Waals surface area contributed by atoms with Gasteiger partial charge < -0.3 is 4.74 Å². The van der Waals surface area contributed by atoms with Crippen molar-refractivity contribution in [3.63, 3.8) is 0 Å².